The van der Waals surface area contributed by atoms with E-state index in [1.807, 2.05) is 13.8 Å². The molecule has 1 saturated heterocycles. The molecule has 0 aliphatic carbocycles. The fourth-order valence-electron chi connectivity index (χ4n) is 1.97. The van der Waals surface area contributed by atoms with Gasteiger partial charge in [-0.3, -0.25) is 14.4 Å². The predicted octanol–water partition coefficient (Wildman–Crippen LogP) is -1.42. The summed E-state index contributed by atoms with van der Waals surface area (Å²) in [6.07, 6.45) is 1.06. The summed E-state index contributed by atoms with van der Waals surface area (Å²) in [5.74, 6) is -1.23. The fourth-order valence-corrected chi connectivity index (χ4v) is 1.97. The summed E-state index contributed by atoms with van der Waals surface area (Å²) in [6.45, 7) is 5.49. The Bertz CT molecular complexity index is 297. The van der Waals surface area contributed by atoms with Gasteiger partial charge in [0.1, 0.15) is 0 Å². The summed E-state index contributed by atoms with van der Waals surface area (Å²) in [5, 5.41) is 5.42. The first kappa shape index (κ1) is 15.6. The number of urea groups is 1. The van der Waals surface area contributed by atoms with Crippen LogP contribution in [0.3, 0.4) is 0 Å². The standard InChI is InChI=1S/C10H16N2O3.Na/c1-4-6(3)10(5-2)7(13)11-9(15)12-8(10)14;/h6H,4-5H2,1-3H3,(H2,11,12,13,14,15);/q;+1/p-1. The second-order valence-corrected chi connectivity index (χ2v) is 3.81. The number of hydrogen-bond acceptors (Lipinski definition) is 3. The van der Waals surface area contributed by atoms with Crippen LogP contribution in [0.25, 0.3) is 5.32 Å². The Kier molecular flexibility index (Phi) is 5.65. The number of nitrogens with one attached hydrogen (secondary N) is 1. The zero-order chi connectivity index (χ0) is 11.6. The van der Waals surface area contributed by atoms with Crippen molar-refractivity contribution in [1.29, 1.82) is 0 Å². The molecule has 0 aromatic carbocycles. The first-order valence-corrected chi connectivity index (χ1v) is 5.10. The van der Waals surface area contributed by atoms with Crippen LogP contribution >= 0.6 is 0 Å². The topological polar surface area (TPSA) is 77.3 Å². The molecule has 0 saturated carbocycles. The van der Waals surface area contributed by atoms with Crippen molar-refractivity contribution in [3.8, 4) is 0 Å². The van der Waals surface area contributed by atoms with Crippen LogP contribution < -0.4 is 34.9 Å². The summed E-state index contributed by atoms with van der Waals surface area (Å²) < 4.78 is 0. The number of carbonyl (C=O) groups is 3. The molecule has 0 bridgehead atoms. The van der Waals surface area contributed by atoms with Crippen LogP contribution in [-0.4, -0.2) is 17.8 Å². The van der Waals surface area contributed by atoms with Crippen LogP contribution in [0.2, 0.25) is 0 Å². The third kappa shape index (κ3) is 2.31. The van der Waals surface area contributed by atoms with Gasteiger partial charge in [-0.1, -0.05) is 27.2 Å². The maximum atomic E-state index is 11.8. The van der Waals surface area contributed by atoms with E-state index in [1.165, 1.54) is 0 Å². The van der Waals surface area contributed by atoms with Gasteiger partial charge in [-0.2, -0.15) is 0 Å². The summed E-state index contributed by atoms with van der Waals surface area (Å²) >= 11 is 0. The smallest absolute Gasteiger partial charge is 0.394 e. The molecule has 6 heteroatoms. The van der Waals surface area contributed by atoms with E-state index in [1.54, 1.807) is 6.92 Å². The Labute approximate surface area is 117 Å². The number of carbonyl (C=O) groups excluding carboxylic acids is 3. The largest absolute Gasteiger partial charge is 1.00 e. The second kappa shape index (κ2) is 5.80. The van der Waals surface area contributed by atoms with E-state index in [4.69, 9.17) is 0 Å². The molecule has 1 heterocycles. The number of barbiturate groups is 1. The average molecular weight is 234 g/mol. The van der Waals surface area contributed by atoms with Crippen LogP contribution in [-0.2, 0) is 9.59 Å². The molecule has 84 valence electrons. The maximum Gasteiger partial charge on any atom is 1.00 e. The quantitative estimate of drug-likeness (QED) is 0.481. The van der Waals surface area contributed by atoms with Crippen molar-refractivity contribution in [2.75, 3.05) is 0 Å². The van der Waals surface area contributed by atoms with Crippen LogP contribution in [0.15, 0.2) is 0 Å². The monoisotopic (exact) mass is 234 g/mol. The molecule has 16 heavy (non-hydrogen) atoms. The molecule has 0 aromatic heterocycles. The molecule has 2 atom stereocenters. The van der Waals surface area contributed by atoms with E-state index in [0.717, 1.165) is 0 Å². The van der Waals surface area contributed by atoms with Gasteiger partial charge in [0.15, 0.2) is 17.8 Å². The summed E-state index contributed by atoms with van der Waals surface area (Å²) in [5.41, 5.74) is -1.15. The van der Waals surface area contributed by atoms with Crippen molar-refractivity contribution in [1.82, 2.24) is 5.32 Å². The molecule has 0 spiro atoms. The number of amides is 4. The molecule has 4 amide bonds. The Morgan fingerprint density at radius 3 is 2.25 bits per heavy atom. The minimum atomic E-state index is -1.15. The van der Waals surface area contributed by atoms with Gasteiger partial charge in [0.25, 0.3) is 0 Å². The molecular weight excluding hydrogens is 219 g/mol. The van der Waals surface area contributed by atoms with Crippen LogP contribution in [0.4, 0.5) is 4.79 Å². The van der Waals surface area contributed by atoms with Crippen molar-refractivity contribution in [3.63, 3.8) is 0 Å². The molecule has 1 rings (SSSR count). The molecule has 0 radical (unpaired) electrons. The first-order valence-electron chi connectivity index (χ1n) is 5.10. The molecule has 1 fully saturated rings. The predicted molar refractivity (Wildman–Crippen MR) is 54.1 cm³/mol. The maximum absolute atomic E-state index is 11.8. The molecule has 2 unspecified atom stereocenters. The van der Waals surface area contributed by atoms with Gasteiger partial charge < -0.3 is 10.6 Å². The van der Waals surface area contributed by atoms with E-state index in [0.29, 0.717) is 12.8 Å². The van der Waals surface area contributed by atoms with Crippen molar-refractivity contribution in [2.45, 2.75) is 33.6 Å². The molecule has 0 aromatic rings. The van der Waals surface area contributed by atoms with Gasteiger partial charge in [-0.05, 0) is 12.3 Å². The van der Waals surface area contributed by atoms with E-state index in [-0.39, 0.29) is 35.5 Å². The fraction of sp³-hybridized carbons (Fsp3) is 0.700. The Balaban J connectivity index is 0.00000225. The number of imide groups is 2. The number of nitrogens with zero attached hydrogens (tertiary/aromatic N) is 1. The Morgan fingerprint density at radius 2 is 1.88 bits per heavy atom. The van der Waals surface area contributed by atoms with E-state index >= 15 is 0 Å². The first-order chi connectivity index (χ1) is 6.98. The van der Waals surface area contributed by atoms with E-state index < -0.39 is 23.3 Å². The molecule has 1 N–H and O–H groups in total. The summed E-state index contributed by atoms with van der Waals surface area (Å²) in [4.78, 5) is 34.4. The average Bonchev–Trinajstić information content (AvgIpc) is 2.17. The van der Waals surface area contributed by atoms with Crippen molar-refractivity contribution < 1.29 is 43.9 Å². The summed E-state index contributed by atoms with van der Waals surface area (Å²) in [6, 6.07) is -0.850. The Hall–Kier alpha value is -0.390. The normalized spacial score (nSPS) is 26.6. The van der Waals surface area contributed by atoms with Crippen molar-refractivity contribution >= 4 is 17.8 Å². The van der Waals surface area contributed by atoms with Crippen LogP contribution in [0.5, 0.6) is 0 Å². The van der Waals surface area contributed by atoms with Crippen LogP contribution in [0.1, 0.15) is 33.6 Å². The van der Waals surface area contributed by atoms with Crippen molar-refractivity contribution in [2.24, 2.45) is 11.3 Å². The Morgan fingerprint density at radius 1 is 1.31 bits per heavy atom. The van der Waals surface area contributed by atoms with Crippen molar-refractivity contribution in [3.05, 3.63) is 5.32 Å². The zero-order valence-electron chi connectivity index (χ0n) is 10.2. The number of rotatable bonds is 3. The van der Waals surface area contributed by atoms with Gasteiger partial charge in [-0.25, -0.2) is 0 Å². The van der Waals surface area contributed by atoms with Gasteiger partial charge in [0.2, 0.25) is 0 Å². The molecule has 1 aliphatic rings. The minimum Gasteiger partial charge on any atom is -0.394 e. The summed E-state index contributed by atoms with van der Waals surface area (Å²) in [7, 11) is 0. The van der Waals surface area contributed by atoms with E-state index in [9.17, 15) is 14.4 Å². The van der Waals surface area contributed by atoms with Gasteiger partial charge in [0.05, 0.1) is 5.41 Å². The van der Waals surface area contributed by atoms with E-state index in [2.05, 4.69) is 10.6 Å². The molecule has 1 aliphatic heterocycles. The number of hydrogen-bond donors (Lipinski definition) is 1. The molecule has 5 nitrogen and oxygen atoms in total. The SMILES string of the molecule is CCC(C)C1(CC)C(=O)[N-]C(=O)NC1=O.[Na+]. The third-order valence-electron chi connectivity index (χ3n) is 3.22. The van der Waals surface area contributed by atoms with Gasteiger partial charge in [0, 0.05) is 0 Å². The van der Waals surface area contributed by atoms with Gasteiger partial charge in [-0.15, -0.1) is 0 Å². The third-order valence-corrected chi connectivity index (χ3v) is 3.22. The molecular formula is C10H15N2NaO3. The second-order valence-electron chi connectivity index (χ2n) is 3.81. The van der Waals surface area contributed by atoms with Crippen LogP contribution in [0, 0.1) is 11.3 Å². The van der Waals surface area contributed by atoms with Gasteiger partial charge >= 0.3 is 29.6 Å². The zero-order valence-corrected chi connectivity index (χ0v) is 12.2. The minimum absolute atomic E-state index is 0.